The van der Waals surface area contributed by atoms with Crippen LogP contribution in [0.5, 0.6) is 0 Å². The van der Waals surface area contributed by atoms with Crippen LogP contribution in [0.1, 0.15) is 101 Å². The van der Waals surface area contributed by atoms with E-state index in [2.05, 4.69) is 26.1 Å². The minimum absolute atomic E-state index is 0.130. The summed E-state index contributed by atoms with van der Waals surface area (Å²) in [5.74, 6) is -4.50. The van der Waals surface area contributed by atoms with E-state index < -0.39 is 115 Å². The van der Waals surface area contributed by atoms with Crippen LogP contribution >= 0.6 is 0 Å². The molecule has 1 heterocycles. The molecular formula is C51H65NO13Si. The van der Waals surface area contributed by atoms with Crippen LogP contribution in [0.25, 0.3) is 0 Å². The summed E-state index contributed by atoms with van der Waals surface area (Å²) in [5.41, 5.74) is -5.72. The van der Waals surface area contributed by atoms with E-state index >= 15 is 0 Å². The Morgan fingerprint density at radius 1 is 0.848 bits per heavy atom. The van der Waals surface area contributed by atoms with Crippen molar-refractivity contribution < 1.29 is 63.0 Å². The number of benzene rings is 3. The first kappa shape index (κ1) is 49.2. The molecule has 14 nitrogen and oxygen atoms in total. The van der Waals surface area contributed by atoms with Crippen LogP contribution in [-0.4, -0.2) is 113 Å². The lowest BCUT2D eigenvalue weighted by molar-refractivity contribution is -0.363. The van der Waals surface area contributed by atoms with E-state index in [9.17, 15) is 39.6 Å². The van der Waals surface area contributed by atoms with Gasteiger partial charge in [-0.15, -0.1) is 0 Å². The molecule has 4 aliphatic rings. The molecule has 3 fully saturated rings. The van der Waals surface area contributed by atoms with Crippen molar-refractivity contribution in [3.63, 3.8) is 0 Å². The molecular weight excluding hydrogens is 863 g/mol. The van der Waals surface area contributed by atoms with E-state index in [0.29, 0.717) is 16.7 Å². The Labute approximate surface area is 387 Å². The molecule has 0 aromatic heterocycles. The zero-order valence-electron chi connectivity index (χ0n) is 39.1. The Bertz CT molecular complexity index is 2280. The highest BCUT2D eigenvalue weighted by Crippen LogP contribution is 2.66. The topological polar surface area (TPSA) is 207 Å². The highest BCUT2D eigenvalue weighted by atomic mass is 28.4. The van der Waals surface area contributed by atoms with E-state index in [1.165, 1.54) is 6.92 Å². The van der Waals surface area contributed by atoms with E-state index in [1.54, 1.807) is 119 Å². The van der Waals surface area contributed by atoms with E-state index in [-0.39, 0.29) is 24.2 Å². The number of aliphatic hydroxyl groups is 4. The van der Waals surface area contributed by atoms with Gasteiger partial charge in [0.15, 0.2) is 20.0 Å². The molecule has 1 amide bonds. The van der Waals surface area contributed by atoms with Crippen molar-refractivity contribution in [1.29, 1.82) is 0 Å². The van der Waals surface area contributed by atoms with Gasteiger partial charge in [0.25, 0.3) is 5.91 Å². The van der Waals surface area contributed by atoms with Gasteiger partial charge in [0.2, 0.25) is 0 Å². The number of carbonyl (C=O) groups excluding carboxylic acids is 4. The van der Waals surface area contributed by atoms with Crippen molar-refractivity contribution in [3.8, 4) is 0 Å². The minimum Gasteiger partial charge on any atom is -0.456 e. The van der Waals surface area contributed by atoms with Crippen molar-refractivity contribution >= 4 is 32.1 Å². The molecule has 1 aliphatic heterocycles. The molecule has 2 saturated carbocycles. The van der Waals surface area contributed by atoms with Crippen LogP contribution in [0, 0.1) is 16.7 Å². The van der Waals surface area contributed by atoms with Gasteiger partial charge in [-0.05, 0) is 66.0 Å². The first-order chi connectivity index (χ1) is 31.2. The fourth-order valence-electron chi connectivity index (χ4n) is 11.6. The standard InChI is InChI=1S/C51H65NO13Si/c1-9-66(10-2,11-3)65-36-27-37-50(29-61-37,64-31(5)53)42-44(63-46(58)34-25-19-14-20-26-34)51(60)28-35(30(4)38(48(51,6)7)40(54)43(56)49(36,42)8)62-47(59)41(55)39(32-21-15-12-16-22-32)52-45(57)33-23-17-13-18-24-33/h12-26,35-37,39-44,54-56,60H,9-11,27-29H2,1-8H3,(H,52,57)/t35-,36?,37+,39-,40-,41+,42-,43-,44-,49+,50-,51+/m0/s1. The van der Waals surface area contributed by atoms with Crippen LogP contribution in [0.15, 0.2) is 102 Å². The lowest BCUT2D eigenvalue weighted by Crippen LogP contribution is -2.82. The van der Waals surface area contributed by atoms with Crippen LogP contribution in [0.3, 0.4) is 0 Å². The number of carbonyl (C=O) groups is 4. The second-order valence-electron chi connectivity index (χ2n) is 19.3. The third-order valence-corrected chi connectivity index (χ3v) is 20.4. The molecule has 1 saturated heterocycles. The number of nitrogens with one attached hydrogen (secondary N) is 1. The predicted molar refractivity (Wildman–Crippen MR) is 245 cm³/mol. The number of amides is 1. The zero-order valence-corrected chi connectivity index (χ0v) is 40.1. The van der Waals surface area contributed by atoms with Crippen molar-refractivity contribution in [1.82, 2.24) is 5.32 Å². The smallest absolute Gasteiger partial charge is 0.338 e. The molecule has 5 N–H and O–H groups in total. The third-order valence-electron chi connectivity index (χ3n) is 15.7. The normalized spacial score (nSPS) is 32.2. The molecule has 66 heavy (non-hydrogen) atoms. The number of fused-ring (bicyclic) bond motifs is 5. The van der Waals surface area contributed by atoms with Gasteiger partial charge in [-0.25, -0.2) is 9.59 Å². The van der Waals surface area contributed by atoms with Gasteiger partial charge in [-0.3, -0.25) is 9.59 Å². The lowest BCUT2D eigenvalue weighted by Gasteiger charge is -2.70. The first-order valence-corrected chi connectivity index (χ1v) is 25.6. The van der Waals surface area contributed by atoms with Crippen molar-refractivity contribution in [2.45, 2.75) is 146 Å². The Morgan fingerprint density at radius 3 is 1.94 bits per heavy atom. The van der Waals surface area contributed by atoms with Gasteiger partial charge in [0.05, 0.1) is 36.3 Å². The Morgan fingerprint density at radius 2 is 1.41 bits per heavy atom. The molecule has 3 aromatic rings. The van der Waals surface area contributed by atoms with Crippen molar-refractivity contribution in [2.24, 2.45) is 16.7 Å². The SMILES string of the molecule is CC[Si](CC)(CC)OC1C[C@H]2OC[C@@]2(OC(C)=O)[C@H]2[C@H](OC(=O)c3ccccc3)[C@]3(O)C[C@H](OC(=O)[C@H](O)[C@@H](NC(=O)c4ccccc4)c4ccccc4)C(C)=C([C@H](O)[C@H](O)[C@]12C)C3(C)C. The molecule has 3 aliphatic carbocycles. The number of rotatable bonds is 14. The second-order valence-corrected chi connectivity index (χ2v) is 24.0. The van der Waals surface area contributed by atoms with Gasteiger partial charge in [-0.1, -0.05) is 108 Å². The quantitative estimate of drug-likeness (QED) is 0.0546. The molecule has 0 radical (unpaired) electrons. The maximum atomic E-state index is 14.6. The van der Waals surface area contributed by atoms with Crippen molar-refractivity contribution in [2.75, 3.05) is 6.61 Å². The molecule has 2 bridgehead atoms. The van der Waals surface area contributed by atoms with E-state index in [0.717, 1.165) is 18.1 Å². The van der Waals surface area contributed by atoms with Crippen LogP contribution in [0.4, 0.5) is 0 Å². The van der Waals surface area contributed by atoms with Gasteiger partial charge < -0.3 is 49.1 Å². The number of aliphatic hydroxyl groups excluding tert-OH is 3. The van der Waals surface area contributed by atoms with Gasteiger partial charge in [-0.2, -0.15) is 0 Å². The number of esters is 3. The number of hydrogen-bond donors (Lipinski definition) is 5. The summed E-state index contributed by atoms with van der Waals surface area (Å²) in [4.78, 5) is 55.8. The number of hydrogen-bond acceptors (Lipinski definition) is 13. The largest absolute Gasteiger partial charge is 0.456 e. The van der Waals surface area contributed by atoms with E-state index in [4.69, 9.17) is 23.4 Å². The predicted octanol–water partition coefficient (Wildman–Crippen LogP) is 5.99. The summed E-state index contributed by atoms with van der Waals surface area (Å²) in [6.07, 6.45) is -10.4. The van der Waals surface area contributed by atoms with Crippen LogP contribution in [-0.2, 0) is 33.0 Å². The fourth-order valence-corrected chi connectivity index (χ4v) is 14.6. The van der Waals surface area contributed by atoms with Gasteiger partial charge >= 0.3 is 17.9 Å². The molecule has 1 unspecified atom stereocenters. The second kappa shape index (κ2) is 18.7. The highest BCUT2D eigenvalue weighted by molar-refractivity contribution is 6.73. The lowest BCUT2D eigenvalue weighted by atomic mass is 9.44. The molecule has 3 aromatic carbocycles. The van der Waals surface area contributed by atoms with Gasteiger partial charge in [0, 0.05) is 36.2 Å². The highest BCUT2D eigenvalue weighted by Gasteiger charge is 2.78. The monoisotopic (exact) mass is 927 g/mol. The molecule has 12 atom stereocenters. The summed E-state index contributed by atoms with van der Waals surface area (Å²) in [6, 6.07) is 25.9. The Balaban J connectivity index is 1.39. The van der Waals surface area contributed by atoms with Gasteiger partial charge in [0.1, 0.15) is 30.0 Å². The summed E-state index contributed by atoms with van der Waals surface area (Å²) < 4.78 is 32.7. The minimum atomic E-state index is -2.54. The molecule has 356 valence electrons. The van der Waals surface area contributed by atoms with Crippen molar-refractivity contribution in [3.05, 3.63) is 119 Å². The molecule has 0 spiro atoms. The summed E-state index contributed by atoms with van der Waals surface area (Å²) >= 11 is 0. The zero-order chi connectivity index (χ0) is 48.0. The van der Waals surface area contributed by atoms with E-state index in [1.807, 2.05) is 0 Å². The summed E-state index contributed by atoms with van der Waals surface area (Å²) in [7, 11) is -2.54. The average Bonchev–Trinajstić information content (AvgIpc) is 3.31. The summed E-state index contributed by atoms with van der Waals surface area (Å²) in [6.45, 7) is 14.0. The average molecular weight is 928 g/mol. The molecule has 7 rings (SSSR count). The Hall–Kier alpha value is -4.74. The van der Waals surface area contributed by atoms with Crippen LogP contribution in [0.2, 0.25) is 18.1 Å². The Kier molecular flexibility index (Phi) is 14.0. The number of ether oxygens (including phenoxy) is 4. The van der Waals surface area contributed by atoms with Crippen LogP contribution < -0.4 is 5.32 Å². The third kappa shape index (κ3) is 8.24. The maximum Gasteiger partial charge on any atom is 0.338 e. The summed E-state index contributed by atoms with van der Waals surface area (Å²) in [5, 5.41) is 54.5. The first-order valence-electron chi connectivity index (χ1n) is 23.1. The maximum absolute atomic E-state index is 14.6. The fraction of sp³-hybridized carbons (Fsp3) is 0.529. The molecule has 15 heteroatoms.